The van der Waals surface area contributed by atoms with E-state index in [9.17, 15) is 0 Å². The second-order valence-corrected chi connectivity index (χ2v) is 6.05. The summed E-state index contributed by atoms with van der Waals surface area (Å²) in [5, 5.41) is 4.85. The predicted molar refractivity (Wildman–Crippen MR) is 81.8 cm³/mol. The van der Waals surface area contributed by atoms with Gasteiger partial charge in [0.15, 0.2) is 0 Å². The van der Waals surface area contributed by atoms with Crippen molar-refractivity contribution in [2.24, 2.45) is 0 Å². The van der Waals surface area contributed by atoms with E-state index in [4.69, 9.17) is 4.74 Å². The molecule has 0 amide bonds. The van der Waals surface area contributed by atoms with Gasteiger partial charge in [0.05, 0.1) is 12.1 Å². The molecular weight excluding hydrogens is 248 g/mol. The first-order valence-corrected chi connectivity index (χ1v) is 7.34. The molecule has 0 bridgehead atoms. The molecule has 106 valence electrons. The zero-order valence-corrected chi connectivity index (χ0v) is 12.3. The minimum absolute atomic E-state index is 0.110. The molecule has 0 spiro atoms. The van der Waals surface area contributed by atoms with Crippen LogP contribution in [0.1, 0.15) is 31.0 Å². The Bertz CT molecular complexity index is 603. The van der Waals surface area contributed by atoms with Crippen LogP contribution in [0, 0.1) is 6.92 Å². The molecule has 3 rings (SSSR count). The monoisotopic (exact) mass is 270 g/mol. The lowest BCUT2D eigenvalue weighted by atomic mass is 9.94. The van der Waals surface area contributed by atoms with Gasteiger partial charge in [0.2, 0.25) is 0 Å². The molecule has 1 aliphatic heterocycles. The standard InChI is InChI=1S/C17H22N2O/c1-13-4-6-15-10-14(5-7-16(15)19-13)11-18-17(2)8-3-9-20-12-17/h4-7,10,18H,3,8-9,11-12H2,1-2H3. The molecular formula is C17H22N2O. The summed E-state index contributed by atoms with van der Waals surface area (Å²) in [5.74, 6) is 0. The van der Waals surface area contributed by atoms with Crippen molar-refractivity contribution in [1.82, 2.24) is 10.3 Å². The Morgan fingerprint density at radius 2 is 2.20 bits per heavy atom. The van der Waals surface area contributed by atoms with Crippen LogP contribution >= 0.6 is 0 Å². The summed E-state index contributed by atoms with van der Waals surface area (Å²) in [4.78, 5) is 4.54. The largest absolute Gasteiger partial charge is 0.380 e. The minimum atomic E-state index is 0.110. The number of hydrogen-bond donors (Lipinski definition) is 1. The number of aromatic nitrogens is 1. The van der Waals surface area contributed by atoms with Gasteiger partial charge in [0, 0.05) is 29.8 Å². The van der Waals surface area contributed by atoms with Crippen molar-refractivity contribution in [3.05, 3.63) is 41.6 Å². The second kappa shape index (κ2) is 5.51. The van der Waals surface area contributed by atoms with Crippen molar-refractivity contribution in [3.8, 4) is 0 Å². The van der Waals surface area contributed by atoms with Crippen LogP contribution < -0.4 is 5.32 Å². The van der Waals surface area contributed by atoms with E-state index in [1.54, 1.807) is 0 Å². The Balaban J connectivity index is 1.72. The number of aryl methyl sites for hydroxylation is 1. The van der Waals surface area contributed by atoms with Gasteiger partial charge in [-0.3, -0.25) is 4.98 Å². The van der Waals surface area contributed by atoms with Gasteiger partial charge in [0.1, 0.15) is 0 Å². The average molecular weight is 270 g/mol. The van der Waals surface area contributed by atoms with Crippen molar-refractivity contribution in [2.45, 2.75) is 38.8 Å². The van der Waals surface area contributed by atoms with Gasteiger partial charge >= 0.3 is 0 Å². The van der Waals surface area contributed by atoms with Crippen LogP contribution in [-0.4, -0.2) is 23.7 Å². The fourth-order valence-corrected chi connectivity index (χ4v) is 2.78. The van der Waals surface area contributed by atoms with Crippen molar-refractivity contribution >= 4 is 10.9 Å². The maximum absolute atomic E-state index is 5.58. The van der Waals surface area contributed by atoms with Gasteiger partial charge in [0.25, 0.3) is 0 Å². The Labute approximate surface area is 120 Å². The molecule has 1 fully saturated rings. The molecule has 3 nitrogen and oxygen atoms in total. The number of hydrogen-bond acceptors (Lipinski definition) is 3. The van der Waals surface area contributed by atoms with E-state index in [1.165, 1.54) is 17.4 Å². The van der Waals surface area contributed by atoms with Crippen LogP contribution in [0.2, 0.25) is 0 Å². The highest BCUT2D eigenvalue weighted by Crippen LogP contribution is 2.20. The molecule has 1 aliphatic rings. The molecule has 2 aromatic rings. The third-order valence-corrected chi connectivity index (χ3v) is 4.05. The first-order chi connectivity index (χ1) is 9.65. The summed E-state index contributed by atoms with van der Waals surface area (Å²) in [5.41, 5.74) is 3.55. The number of pyridine rings is 1. The third kappa shape index (κ3) is 3.00. The van der Waals surface area contributed by atoms with Gasteiger partial charge in [-0.15, -0.1) is 0 Å². The fourth-order valence-electron chi connectivity index (χ4n) is 2.78. The molecule has 2 heterocycles. The Morgan fingerprint density at radius 1 is 1.30 bits per heavy atom. The smallest absolute Gasteiger partial charge is 0.0705 e. The Hall–Kier alpha value is -1.45. The van der Waals surface area contributed by atoms with Crippen LogP contribution in [-0.2, 0) is 11.3 Å². The Kier molecular flexibility index (Phi) is 3.72. The molecule has 0 aliphatic carbocycles. The number of fused-ring (bicyclic) bond motifs is 1. The van der Waals surface area contributed by atoms with Crippen molar-refractivity contribution < 1.29 is 4.74 Å². The van der Waals surface area contributed by atoms with Crippen LogP contribution in [0.5, 0.6) is 0 Å². The molecule has 20 heavy (non-hydrogen) atoms. The lowest BCUT2D eigenvalue weighted by Crippen LogP contribution is -2.48. The minimum Gasteiger partial charge on any atom is -0.380 e. The van der Waals surface area contributed by atoms with E-state index < -0.39 is 0 Å². The van der Waals surface area contributed by atoms with E-state index in [0.717, 1.165) is 37.4 Å². The lowest BCUT2D eigenvalue weighted by molar-refractivity contribution is 0.0278. The zero-order chi connectivity index (χ0) is 14.0. The van der Waals surface area contributed by atoms with Gasteiger partial charge in [-0.05, 0) is 50.5 Å². The number of rotatable bonds is 3. The molecule has 1 atom stereocenters. The van der Waals surface area contributed by atoms with Crippen molar-refractivity contribution in [3.63, 3.8) is 0 Å². The fraction of sp³-hybridized carbons (Fsp3) is 0.471. The highest BCUT2D eigenvalue weighted by atomic mass is 16.5. The van der Waals surface area contributed by atoms with Crippen molar-refractivity contribution in [1.29, 1.82) is 0 Å². The van der Waals surface area contributed by atoms with Gasteiger partial charge in [-0.1, -0.05) is 12.1 Å². The number of nitrogens with zero attached hydrogens (tertiary/aromatic N) is 1. The lowest BCUT2D eigenvalue weighted by Gasteiger charge is -2.34. The van der Waals surface area contributed by atoms with Crippen molar-refractivity contribution in [2.75, 3.05) is 13.2 Å². The molecule has 0 saturated carbocycles. The molecule has 1 unspecified atom stereocenters. The quantitative estimate of drug-likeness (QED) is 0.930. The van der Waals surface area contributed by atoms with E-state index >= 15 is 0 Å². The predicted octanol–water partition coefficient (Wildman–Crippen LogP) is 3.20. The van der Waals surface area contributed by atoms with Crippen LogP contribution in [0.4, 0.5) is 0 Å². The number of benzene rings is 1. The summed E-state index contributed by atoms with van der Waals surface area (Å²) >= 11 is 0. The maximum Gasteiger partial charge on any atom is 0.0705 e. The maximum atomic E-state index is 5.58. The third-order valence-electron chi connectivity index (χ3n) is 4.05. The summed E-state index contributed by atoms with van der Waals surface area (Å²) in [7, 11) is 0. The summed E-state index contributed by atoms with van der Waals surface area (Å²) in [6.45, 7) is 6.86. The molecule has 1 saturated heterocycles. The molecule has 1 N–H and O–H groups in total. The highest BCUT2D eigenvalue weighted by molar-refractivity contribution is 5.79. The van der Waals surface area contributed by atoms with Gasteiger partial charge < -0.3 is 10.1 Å². The first-order valence-electron chi connectivity index (χ1n) is 7.34. The molecule has 1 aromatic carbocycles. The summed E-state index contributed by atoms with van der Waals surface area (Å²) in [6, 6.07) is 10.7. The van der Waals surface area contributed by atoms with Crippen LogP contribution in [0.15, 0.2) is 30.3 Å². The molecule has 3 heteroatoms. The first kappa shape index (κ1) is 13.5. The van der Waals surface area contributed by atoms with Gasteiger partial charge in [-0.2, -0.15) is 0 Å². The topological polar surface area (TPSA) is 34.1 Å². The molecule has 0 radical (unpaired) electrons. The average Bonchev–Trinajstić information content (AvgIpc) is 2.46. The van der Waals surface area contributed by atoms with Crippen LogP contribution in [0.3, 0.4) is 0 Å². The normalized spacial score (nSPS) is 23.1. The van der Waals surface area contributed by atoms with E-state index in [-0.39, 0.29) is 5.54 Å². The number of ether oxygens (including phenoxy) is 1. The van der Waals surface area contributed by atoms with E-state index in [2.05, 4.69) is 47.6 Å². The highest BCUT2D eigenvalue weighted by Gasteiger charge is 2.26. The SMILES string of the molecule is Cc1ccc2cc(CNC3(C)CCCOC3)ccc2n1. The van der Waals surface area contributed by atoms with Gasteiger partial charge in [-0.25, -0.2) is 0 Å². The zero-order valence-electron chi connectivity index (χ0n) is 12.3. The van der Waals surface area contributed by atoms with E-state index in [0.29, 0.717) is 0 Å². The molecule has 1 aromatic heterocycles. The second-order valence-electron chi connectivity index (χ2n) is 6.05. The Morgan fingerprint density at radius 3 is 3.00 bits per heavy atom. The summed E-state index contributed by atoms with van der Waals surface area (Å²) < 4.78 is 5.58. The van der Waals surface area contributed by atoms with E-state index in [1.807, 2.05) is 6.92 Å². The number of nitrogens with one attached hydrogen (secondary N) is 1. The van der Waals surface area contributed by atoms with Crippen LogP contribution in [0.25, 0.3) is 10.9 Å². The summed E-state index contributed by atoms with van der Waals surface area (Å²) in [6.07, 6.45) is 2.33.